The van der Waals surface area contributed by atoms with E-state index >= 15 is 0 Å². The molecule has 4 heteroatoms. The zero-order valence-electron chi connectivity index (χ0n) is 12.0. The third-order valence-corrected chi connectivity index (χ3v) is 4.58. The van der Waals surface area contributed by atoms with E-state index in [1.165, 1.54) is 5.56 Å². The maximum absolute atomic E-state index is 12.4. The number of piperidine rings is 1. The number of rotatable bonds is 5. The Morgan fingerprint density at radius 3 is 2.55 bits per heavy atom. The van der Waals surface area contributed by atoms with Gasteiger partial charge in [-0.25, -0.2) is 0 Å². The Hall–Kier alpha value is -1.06. The van der Waals surface area contributed by atoms with Gasteiger partial charge in [0.25, 0.3) is 0 Å². The summed E-state index contributed by atoms with van der Waals surface area (Å²) in [4.78, 5) is 12.4. The van der Waals surface area contributed by atoms with Crippen LogP contribution < -0.4 is 10.6 Å². The Labute approximate surface area is 126 Å². The van der Waals surface area contributed by atoms with Crippen molar-refractivity contribution in [2.24, 2.45) is 5.41 Å². The van der Waals surface area contributed by atoms with Crippen molar-refractivity contribution in [2.75, 3.05) is 19.6 Å². The fourth-order valence-corrected chi connectivity index (χ4v) is 2.93. The number of halogens is 1. The summed E-state index contributed by atoms with van der Waals surface area (Å²) in [7, 11) is 0. The molecule has 20 heavy (non-hydrogen) atoms. The van der Waals surface area contributed by atoms with Gasteiger partial charge in [0.2, 0.25) is 5.91 Å². The summed E-state index contributed by atoms with van der Waals surface area (Å²) in [5.74, 6) is 0.218. The molecule has 1 saturated heterocycles. The highest BCUT2D eigenvalue weighted by atomic mass is 35.5. The maximum atomic E-state index is 12.4. The van der Waals surface area contributed by atoms with Gasteiger partial charge in [-0.15, -0.1) is 0 Å². The molecule has 1 fully saturated rings. The predicted molar refractivity (Wildman–Crippen MR) is 83.0 cm³/mol. The first-order valence-corrected chi connectivity index (χ1v) is 7.77. The first-order valence-electron chi connectivity index (χ1n) is 7.40. The van der Waals surface area contributed by atoms with Gasteiger partial charge in [0.15, 0.2) is 0 Å². The van der Waals surface area contributed by atoms with Gasteiger partial charge in [-0.3, -0.25) is 4.79 Å². The van der Waals surface area contributed by atoms with Gasteiger partial charge in [-0.05, 0) is 56.5 Å². The Bertz CT molecular complexity index is 438. The number of nitrogens with one attached hydrogen (secondary N) is 2. The van der Waals surface area contributed by atoms with Gasteiger partial charge in [0.1, 0.15) is 0 Å². The van der Waals surface area contributed by atoms with E-state index in [-0.39, 0.29) is 11.3 Å². The monoisotopic (exact) mass is 294 g/mol. The maximum Gasteiger partial charge on any atom is 0.226 e. The minimum atomic E-state index is -0.161. The van der Waals surface area contributed by atoms with Crippen molar-refractivity contribution < 1.29 is 4.79 Å². The molecule has 0 saturated carbocycles. The molecule has 0 spiro atoms. The van der Waals surface area contributed by atoms with E-state index in [2.05, 4.69) is 17.6 Å². The largest absolute Gasteiger partial charge is 0.355 e. The number of hydrogen-bond donors (Lipinski definition) is 2. The van der Waals surface area contributed by atoms with Crippen LogP contribution in [0.4, 0.5) is 0 Å². The lowest BCUT2D eigenvalue weighted by Crippen LogP contribution is -2.47. The lowest BCUT2D eigenvalue weighted by Gasteiger charge is -2.35. The average molecular weight is 295 g/mol. The molecule has 110 valence electrons. The Morgan fingerprint density at radius 1 is 1.30 bits per heavy atom. The normalized spacial score (nSPS) is 17.7. The fourth-order valence-electron chi connectivity index (χ4n) is 2.81. The summed E-state index contributed by atoms with van der Waals surface area (Å²) in [5.41, 5.74) is 1.04. The van der Waals surface area contributed by atoms with Crippen molar-refractivity contribution >= 4 is 17.5 Å². The molecule has 0 aliphatic carbocycles. The minimum absolute atomic E-state index is 0.161. The predicted octanol–water partition coefficient (Wildman–Crippen LogP) is 2.78. The Balaban J connectivity index is 1.83. The van der Waals surface area contributed by atoms with E-state index in [4.69, 9.17) is 11.6 Å². The molecule has 1 amide bonds. The first-order chi connectivity index (χ1) is 9.66. The van der Waals surface area contributed by atoms with Crippen LogP contribution >= 0.6 is 11.6 Å². The summed E-state index contributed by atoms with van der Waals surface area (Å²) < 4.78 is 0. The number of hydrogen-bond acceptors (Lipinski definition) is 2. The Morgan fingerprint density at radius 2 is 1.95 bits per heavy atom. The van der Waals surface area contributed by atoms with Gasteiger partial charge in [0, 0.05) is 11.6 Å². The van der Waals surface area contributed by atoms with Crippen molar-refractivity contribution in [3.8, 4) is 0 Å². The van der Waals surface area contributed by atoms with Crippen LogP contribution in [0.1, 0.15) is 31.7 Å². The third kappa shape index (κ3) is 3.74. The van der Waals surface area contributed by atoms with Crippen molar-refractivity contribution in [2.45, 2.75) is 32.6 Å². The van der Waals surface area contributed by atoms with E-state index in [0.29, 0.717) is 6.54 Å². The van der Waals surface area contributed by atoms with E-state index in [0.717, 1.165) is 43.8 Å². The zero-order chi connectivity index (χ0) is 14.4. The smallest absolute Gasteiger partial charge is 0.226 e. The lowest BCUT2D eigenvalue weighted by atomic mass is 9.76. The second-order valence-corrected chi connectivity index (χ2v) is 5.95. The summed E-state index contributed by atoms with van der Waals surface area (Å²) in [6, 6.07) is 7.79. The van der Waals surface area contributed by atoms with Gasteiger partial charge in [-0.1, -0.05) is 30.7 Å². The summed E-state index contributed by atoms with van der Waals surface area (Å²) >= 11 is 5.86. The van der Waals surface area contributed by atoms with Gasteiger partial charge in [0.05, 0.1) is 5.41 Å². The van der Waals surface area contributed by atoms with E-state index in [1.807, 2.05) is 24.3 Å². The van der Waals surface area contributed by atoms with Gasteiger partial charge in [-0.2, -0.15) is 0 Å². The van der Waals surface area contributed by atoms with Crippen LogP contribution in [0.15, 0.2) is 24.3 Å². The highest BCUT2D eigenvalue weighted by molar-refractivity contribution is 6.30. The van der Waals surface area contributed by atoms with Crippen LogP contribution in [0.2, 0.25) is 5.02 Å². The SMILES string of the molecule is CCC1(C(=O)NCCc2ccc(Cl)cc2)CCNCC1. The van der Waals surface area contributed by atoms with E-state index in [9.17, 15) is 4.79 Å². The highest BCUT2D eigenvalue weighted by Crippen LogP contribution is 2.32. The van der Waals surface area contributed by atoms with Gasteiger partial charge < -0.3 is 10.6 Å². The van der Waals surface area contributed by atoms with E-state index in [1.54, 1.807) is 0 Å². The van der Waals surface area contributed by atoms with Crippen molar-refractivity contribution in [3.63, 3.8) is 0 Å². The van der Waals surface area contributed by atoms with Crippen LogP contribution in [0.3, 0.4) is 0 Å². The molecule has 1 aromatic carbocycles. The average Bonchev–Trinajstić information content (AvgIpc) is 2.50. The van der Waals surface area contributed by atoms with Crippen LogP contribution in [0.25, 0.3) is 0 Å². The van der Waals surface area contributed by atoms with Crippen molar-refractivity contribution in [3.05, 3.63) is 34.9 Å². The molecule has 1 aromatic rings. The molecular weight excluding hydrogens is 272 g/mol. The van der Waals surface area contributed by atoms with Gasteiger partial charge >= 0.3 is 0 Å². The minimum Gasteiger partial charge on any atom is -0.355 e. The van der Waals surface area contributed by atoms with Crippen molar-refractivity contribution in [1.29, 1.82) is 0 Å². The second kappa shape index (κ2) is 7.09. The second-order valence-electron chi connectivity index (χ2n) is 5.52. The molecule has 0 unspecified atom stereocenters. The zero-order valence-corrected chi connectivity index (χ0v) is 12.8. The molecule has 1 aliphatic rings. The molecule has 2 N–H and O–H groups in total. The highest BCUT2D eigenvalue weighted by Gasteiger charge is 2.37. The molecule has 1 heterocycles. The third-order valence-electron chi connectivity index (χ3n) is 4.33. The lowest BCUT2D eigenvalue weighted by molar-refractivity contribution is -0.132. The molecule has 1 aliphatic heterocycles. The van der Waals surface area contributed by atoms with Crippen LogP contribution in [-0.4, -0.2) is 25.5 Å². The standard InChI is InChI=1S/C16H23ClN2O/c1-2-16(8-11-18-12-9-16)15(20)19-10-7-13-3-5-14(17)6-4-13/h3-6,18H,2,7-12H2,1H3,(H,19,20). The molecule has 3 nitrogen and oxygen atoms in total. The number of amides is 1. The molecule has 2 rings (SSSR count). The van der Waals surface area contributed by atoms with Crippen molar-refractivity contribution in [1.82, 2.24) is 10.6 Å². The van der Waals surface area contributed by atoms with Crippen LogP contribution in [-0.2, 0) is 11.2 Å². The number of benzene rings is 1. The molecule has 0 radical (unpaired) electrons. The van der Waals surface area contributed by atoms with Crippen LogP contribution in [0, 0.1) is 5.41 Å². The Kier molecular flexibility index (Phi) is 5.44. The molecule has 0 atom stereocenters. The number of carbonyl (C=O) groups is 1. The quantitative estimate of drug-likeness (QED) is 0.877. The molecule has 0 aromatic heterocycles. The van der Waals surface area contributed by atoms with E-state index < -0.39 is 0 Å². The fraction of sp³-hybridized carbons (Fsp3) is 0.562. The first kappa shape index (κ1) is 15.3. The summed E-state index contributed by atoms with van der Waals surface area (Å²) in [5, 5.41) is 7.18. The topological polar surface area (TPSA) is 41.1 Å². The molecule has 0 bridgehead atoms. The molecular formula is C16H23ClN2O. The number of carbonyl (C=O) groups excluding carboxylic acids is 1. The summed E-state index contributed by atoms with van der Waals surface area (Å²) in [6.45, 7) is 4.69. The summed E-state index contributed by atoms with van der Waals surface area (Å²) in [6.07, 6.45) is 3.65. The van der Waals surface area contributed by atoms with Crippen LogP contribution in [0.5, 0.6) is 0 Å².